The maximum atomic E-state index is 13.2. The molecule has 1 atom stereocenters. The Kier molecular flexibility index (Phi) is 8.11. The SMILES string of the molecule is COc1ccc(N2CCN(C(=O)C3CCCN(S(=O)(=O)CCCc4ccccc4)C3)CC2)cc1. The summed E-state index contributed by atoms with van der Waals surface area (Å²) in [4.78, 5) is 17.4. The zero-order valence-corrected chi connectivity index (χ0v) is 20.8. The fourth-order valence-corrected chi connectivity index (χ4v) is 6.45. The minimum absolute atomic E-state index is 0.0959. The van der Waals surface area contributed by atoms with Gasteiger partial charge in [-0.2, -0.15) is 0 Å². The normalized spacial score (nSPS) is 19.7. The van der Waals surface area contributed by atoms with E-state index < -0.39 is 10.0 Å². The first-order chi connectivity index (χ1) is 16.5. The molecule has 2 fully saturated rings. The molecule has 2 heterocycles. The van der Waals surface area contributed by atoms with E-state index in [4.69, 9.17) is 4.74 Å². The number of benzene rings is 2. The smallest absolute Gasteiger partial charge is 0.227 e. The number of aryl methyl sites for hydroxylation is 1. The van der Waals surface area contributed by atoms with Gasteiger partial charge in [-0.3, -0.25) is 4.79 Å². The average Bonchev–Trinajstić information content (AvgIpc) is 2.89. The average molecular weight is 486 g/mol. The summed E-state index contributed by atoms with van der Waals surface area (Å²) in [6, 6.07) is 17.9. The lowest BCUT2D eigenvalue weighted by atomic mass is 9.97. The van der Waals surface area contributed by atoms with Gasteiger partial charge in [0.25, 0.3) is 0 Å². The van der Waals surface area contributed by atoms with Crippen molar-refractivity contribution in [1.82, 2.24) is 9.21 Å². The molecule has 0 bridgehead atoms. The van der Waals surface area contributed by atoms with Crippen LogP contribution >= 0.6 is 0 Å². The number of nitrogens with zero attached hydrogens (tertiary/aromatic N) is 3. The van der Waals surface area contributed by atoms with Gasteiger partial charge in [0.15, 0.2) is 0 Å². The Morgan fingerprint density at radius 1 is 0.971 bits per heavy atom. The number of methoxy groups -OCH3 is 1. The number of piperazine rings is 1. The third-order valence-electron chi connectivity index (χ3n) is 6.87. The van der Waals surface area contributed by atoms with Crippen molar-refractivity contribution in [3.63, 3.8) is 0 Å². The third kappa shape index (κ3) is 6.10. The Morgan fingerprint density at radius 3 is 2.35 bits per heavy atom. The summed E-state index contributed by atoms with van der Waals surface area (Å²) < 4.78 is 32.7. The molecule has 2 aliphatic heterocycles. The maximum Gasteiger partial charge on any atom is 0.227 e. The lowest BCUT2D eigenvalue weighted by molar-refractivity contribution is -0.137. The van der Waals surface area contributed by atoms with Crippen LogP contribution in [0, 0.1) is 5.92 Å². The summed E-state index contributed by atoms with van der Waals surface area (Å²) >= 11 is 0. The van der Waals surface area contributed by atoms with Crippen molar-refractivity contribution in [2.24, 2.45) is 5.92 Å². The van der Waals surface area contributed by atoms with Crippen molar-refractivity contribution < 1.29 is 17.9 Å². The lowest BCUT2D eigenvalue weighted by Gasteiger charge is -2.39. The highest BCUT2D eigenvalue weighted by atomic mass is 32.2. The number of amides is 1. The van der Waals surface area contributed by atoms with Crippen molar-refractivity contribution >= 4 is 21.6 Å². The molecule has 2 aliphatic rings. The number of carbonyl (C=O) groups excluding carboxylic acids is 1. The van der Waals surface area contributed by atoms with E-state index in [0.29, 0.717) is 32.6 Å². The van der Waals surface area contributed by atoms with Crippen LogP contribution in [0.1, 0.15) is 24.8 Å². The summed E-state index contributed by atoms with van der Waals surface area (Å²) in [6.07, 6.45) is 2.83. The fraction of sp³-hybridized carbons (Fsp3) is 0.500. The summed E-state index contributed by atoms with van der Waals surface area (Å²) in [6.45, 7) is 3.68. The first-order valence-electron chi connectivity index (χ1n) is 12.2. The molecule has 0 saturated carbocycles. The minimum atomic E-state index is -3.36. The number of carbonyl (C=O) groups is 1. The molecular formula is C26H35N3O4S. The molecule has 1 unspecified atom stereocenters. The molecule has 34 heavy (non-hydrogen) atoms. The van der Waals surface area contributed by atoms with E-state index in [2.05, 4.69) is 4.90 Å². The van der Waals surface area contributed by atoms with Crippen LogP contribution in [0.5, 0.6) is 5.75 Å². The first kappa shape index (κ1) is 24.5. The van der Waals surface area contributed by atoms with Crippen LogP contribution in [0.15, 0.2) is 54.6 Å². The zero-order valence-electron chi connectivity index (χ0n) is 19.9. The number of rotatable bonds is 8. The van der Waals surface area contributed by atoms with Crippen LogP contribution in [0.4, 0.5) is 5.69 Å². The summed E-state index contributed by atoms with van der Waals surface area (Å²) in [5.74, 6) is 0.807. The molecule has 0 N–H and O–H groups in total. The number of hydrogen-bond donors (Lipinski definition) is 0. The van der Waals surface area contributed by atoms with E-state index in [1.54, 1.807) is 11.4 Å². The molecule has 184 valence electrons. The molecule has 2 aromatic carbocycles. The summed E-state index contributed by atoms with van der Waals surface area (Å²) in [5, 5.41) is 0. The van der Waals surface area contributed by atoms with Gasteiger partial charge in [-0.05, 0) is 55.5 Å². The van der Waals surface area contributed by atoms with Crippen molar-refractivity contribution in [3.8, 4) is 5.75 Å². The van der Waals surface area contributed by atoms with E-state index >= 15 is 0 Å². The van der Waals surface area contributed by atoms with Crippen LogP contribution in [-0.2, 0) is 21.2 Å². The molecule has 0 radical (unpaired) electrons. The number of anilines is 1. The Hall–Kier alpha value is -2.58. The first-order valence-corrected chi connectivity index (χ1v) is 13.8. The van der Waals surface area contributed by atoms with Gasteiger partial charge in [-0.1, -0.05) is 30.3 Å². The Bertz CT molecular complexity index is 1040. The summed E-state index contributed by atoms with van der Waals surface area (Å²) in [7, 11) is -1.70. The quantitative estimate of drug-likeness (QED) is 0.575. The number of sulfonamides is 1. The predicted octanol–water partition coefficient (Wildman–Crippen LogP) is 3.02. The molecule has 1 amide bonds. The van der Waals surface area contributed by atoms with Gasteiger partial charge in [0.05, 0.1) is 18.8 Å². The van der Waals surface area contributed by atoms with Gasteiger partial charge >= 0.3 is 0 Å². The lowest BCUT2D eigenvalue weighted by Crippen LogP contribution is -2.53. The van der Waals surface area contributed by atoms with Crippen LogP contribution < -0.4 is 9.64 Å². The molecule has 2 aromatic rings. The van der Waals surface area contributed by atoms with E-state index in [1.165, 1.54) is 0 Å². The zero-order chi connectivity index (χ0) is 24.0. The van der Waals surface area contributed by atoms with E-state index in [-0.39, 0.29) is 17.6 Å². The van der Waals surface area contributed by atoms with Crippen LogP contribution in [0.25, 0.3) is 0 Å². The highest BCUT2D eigenvalue weighted by molar-refractivity contribution is 7.89. The second kappa shape index (κ2) is 11.2. The Morgan fingerprint density at radius 2 is 1.68 bits per heavy atom. The van der Waals surface area contributed by atoms with Crippen molar-refractivity contribution in [3.05, 3.63) is 60.2 Å². The molecule has 2 saturated heterocycles. The van der Waals surface area contributed by atoms with Crippen LogP contribution in [-0.4, -0.2) is 75.7 Å². The Balaban J connectivity index is 1.27. The number of hydrogen-bond acceptors (Lipinski definition) is 5. The molecule has 0 spiro atoms. The molecule has 8 heteroatoms. The highest BCUT2D eigenvalue weighted by Gasteiger charge is 2.35. The predicted molar refractivity (Wildman–Crippen MR) is 135 cm³/mol. The van der Waals surface area contributed by atoms with Crippen molar-refractivity contribution in [1.29, 1.82) is 0 Å². The largest absolute Gasteiger partial charge is 0.497 e. The molecule has 4 rings (SSSR count). The maximum absolute atomic E-state index is 13.2. The standard InChI is InChI=1S/C26H35N3O4S/c1-33-25-13-11-24(12-14-25)27-16-18-28(19-17-27)26(30)23-10-5-15-29(21-23)34(31,32)20-6-9-22-7-3-2-4-8-22/h2-4,7-8,11-14,23H,5-6,9-10,15-21H2,1H3. The minimum Gasteiger partial charge on any atom is -0.497 e. The fourth-order valence-electron chi connectivity index (χ4n) is 4.87. The summed E-state index contributed by atoms with van der Waals surface area (Å²) in [5.41, 5.74) is 2.27. The van der Waals surface area contributed by atoms with Crippen LogP contribution in [0.2, 0.25) is 0 Å². The Labute approximate surface area is 203 Å². The molecule has 0 aromatic heterocycles. The van der Waals surface area contributed by atoms with E-state index in [0.717, 1.165) is 49.4 Å². The highest BCUT2D eigenvalue weighted by Crippen LogP contribution is 2.24. The second-order valence-corrected chi connectivity index (χ2v) is 11.2. The van der Waals surface area contributed by atoms with Crippen LogP contribution in [0.3, 0.4) is 0 Å². The molecule has 0 aliphatic carbocycles. The van der Waals surface area contributed by atoms with Gasteiger partial charge in [0.1, 0.15) is 5.75 Å². The van der Waals surface area contributed by atoms with Gasteiger partial charge < -0.3 is 14.5 Å². The third-order valence-corrected chi connectivity index (χ3v) is 8.79. The molecule has 7 nitrogen and oxygen atoms in total. The van der Waals surface area contributed by atoms with E-state index in [1.807, 2.05) is 59.5 Å². The van der Waals surface area contributed by atoms with Gasteiger partial charge in [0.2, 0.25) is 15.9 Å². The van der Waals surface area contributed by atoms with Crippen molar-refractivity contribution in [2.45, 2.75) is 25.7 Å². The van der Waals surface area contributed by atoms with Crippen molar-refractivity contribution in [2.75, 3.05) is 57.0 Å². The second-order valence-electron chi connectivity index (χ2n) is 9.11. The van der Waals surface area contributed by atoms with Gasteiger partial charge in [0, 0.05) is 45.0 Å². The topological polar surface area (TPSA) is 70.2 Å². The van der Waals surface area contributed by atoms with Gasteiger partial charge in [-0.15, -0.1) is 0 Å². The number of piperidine rings is 1. The number of ether oxygens (including phenoxy) is 1. The molecular weight excluding hydrogens is 450 g/mol. The van der Waals surface area contributed by atoms with Gasteiger partial charge in [-0.25, -0.2) is 12.7 Å². The van der Waals surface area contributed by atoms with E-state index in [9.17, 15) is 13.2 Å². The monoisotopic (exact) mass is 485 g/mol.